The zero-order valence-corrected chi connectivity index (χ0v) is 10.9. The topological polar surface area (TPSA) is 38.3 Å². The normalized spacial score (nSPS) is 12.2. The summed E-state index contributed by atoms with van der Waals surface area (Å²) in [6, 6.07) is 7.45. The van der Waals surface area contributed by atoms with E-state index in [1.807, 2.05) is 31.2 Å². The van der Waals surface area contributed by atoms with Crippen molar-refractivity contribution in [2.75, 3.05) is 13.7 Å². The molecule has 4 heteroatoms. The van der Waals surface area contributed by atoms with E-state index in [0.29, 0.717) is 12.1 Å². The molecule has 1 unspecified atom stereocenters. The summed E-state index contributed by atoms with van der Waals surface area (Å²) in [6.07, 6.45) is 0.0396. The van der Waals surface area contributed by atoms with Crippen molar-refractivity contribution < 1.29 is 9.53 Å². The summed E-state index contributed by atoms with van der Waals surface area (Å²) in [4.78, 5) is 11.6. The summed E-state index contributed by atoms with van der Waals surface area (Å²) in [6.45, 7) is 2.44. The fourth-order valence-electron chi connectivity index (χ4n) is 1.02. The van der Waals surface area contributed by atoms with Crippen molar-refractivity contribution in [3.05, 3.63) is 33.4 Å². The van der Waals surface area contributed by atoms with Crippen LogP contribution in [0, 0.1) is 3.57 Å². The lowest BCUT2D eigenvalue weighted by Gasteiger charge is -2.10. The Hall–Kier alpha value is -0.620. The molecule has 0 spiro atoms. The molecule has 0 heterocycles. The maximum Gasteiger partial charge on any atom is 0.251 e. The van der Waals surface area contributed by atoms with Gasteiger partial charge in [0.15, 0.2) is 0 Å². The van der Waals surface area contributed by atoms with Gasteiger partial charge in [-0.15, -0.1) is 0 Å². The maximum absolute atomic E-state index is 11.6. The Bertz CT molecular complexity index is 324. The van der Waals surface area contributed by atoms with Crippen molar-refractivity contribution in [1.29, 1.82) is 0 Å². The fraction of sp³-hybridized carbons (Fsp3) is 0.364. The van der Waals surface area contributed by atoms with Gasteiger partial charge in [-0.05, 0) is 53.8 Å². The molecule has 0 aliphatic heterocycles. The molecule has 1 atom stereocenters. The van der Waals surface area contributed by atoms with E-state index >= 15 is 0 Å². The number of carbonyl (C=O) groups is 1. The van der Waals surface area contributed by atoms with Gasteiger partial charge < -0.3 is 10.1 Å². The summed E-state index contributed by atoms with van der Waals surface area (Å²) in [7, 11) is 1.63. The summed E-state index contributed by atoms with van der Waals surface area (Å²) in [5, 5.41) is 2.80. The molecular weight excluding hydrogens is 305 g/mol. The third-order valence-electron chi connectivity index (χ3n) is 2.06. The highest BCUT2D eigenvalue weighted by atomic mass is 127. The van der Waals surface area contributed by atoms with Crippen molar-refractivity contribution in [1.82, 2.24) is 5.32 Å². The number of benzene rings is 1. The number of nitrogens with one attached hydrogen (secondary N) is 1. The number of carbonyl (C=O) groups excluding carboxylic acids is 1. The van der Waals surface area contributed by atoms with Crippen molar-refractivity contribution in [3.8, 4) is 0 Å². The maximum atomic E-state index is 11.6. The van der Waals surface area contributed by atoms with Crippen molar-refractivity contribution >= 4 is 28.5 Å². The first-order valence-electron chi connectivity index (χ1n) is 4.70. The SMILES string of the molecule is COC(C)CNC(=O)c1ccc(I)cc1. The van der Waals surface area contributed by atoms with Crippen molar-refractivity contribution in [3.63, 3.8) is 0 Å². The number of methoxy groups -OCH3 is 1. The molecule has 0 aromatic heterocycles. The molecule has 1 rings (SSSR count). The summed E-state index contributed by atoms with van der Waals surface area (Å²) < 4.78 is 6.16. The van der Waals surface area contributed by atoms with Crippen LogP contribution in [-0.2, 0) is 4.74 Å². The molecule has 1 aromatic rings. The highest BCUT2D eigenvalue weighted by Gasteiger charge is 2.06. The number of hydrogen-bond donors (Lipinski definition) is 1. The van der Waals surface area contributed by atoms with E-state index in [-0.39, 0.29) is 12.0 Å². The van der Waals surface area contributed by atoms with Gasteiger partial charge in [0.25, 0.3) is 5.91 Å². The number of halogens is 1. The second-order valence-corrected chi connectivity index (χ2v) is 4.51. The van der Waals surface area contributed by atoms with Gasteiger partial charge in [-0.3, -0.25) is 4.79 Å². The molecule has 0 aliphatic carbocycles. The Kier molecular flexibility index (Phi) is 5.04. The Morgan fingerprint density at radius 3 is 2.60 bits per heavy atom. The van der Waals surface area contributed by atoms with E-state index in [1.165, 1.54) is 0 Å². The lowest BCUT2D eigenvalue weighted by Crippen LogP contribution is -2.31. The first kappa shape index (κ1) is 12.4. The van der Waals surface area contributed by atoms with Crippen molar-refractivity contribution in [2.24, 2.45) is 0 Å². The van der Waals surface area contributed by atoms with Crippen LogP contribution in [-0.4, -0.2) is 25.7 Å². The van der Waals surface area contributed by atoms with E-state index in [0.717, 1.165) is 3.57 Å². The van der Waals surface area contributed by atoms with E-state index in [9.17, 15) is 4.79 Å². The van der Waals surface area contributed by atoms with E-state index in [2.05, 4.69) is 27.9 Å². The third kappa shape index (κ3) is 4.17. The van der Waals surface area contributed by atoms with Crippen LogP contribution in [0.2, 0.25) is 0 Å². The van der Waals surface area contributed by atoms with Crippen molar-refractivity contribution in [2.45, 2.75) is 13.0 Å². The molecule has 0 aliphatic rings. The molecule has 1 amide bonds. The zero-order chi connectivity index (χ0) is 11.3. The molecular formula is C11H14INO2. The molecule has 82 valence electrons. The van der Waals surface area contributed by atoms with Crippen LogP contribution in [0.15, 0.2) is 24.3 Å². The third-order valence-corrected chi connectivity index (χ3v) is 2.78. The van der Waals surface area contributed by atoms with Gasteiger partial charge in [0.1, 0.15) is 0 Å². The minimum absolute atomic E-state index is 0.0396. The highest BCUT2D eigenvalue weighted by Crippen LogP contribution is 2.06. The van der Waals surface area contributed by atoms with Crippen LogP contribution >= 0.6 is 22.6 Å². The average Bonchev–Trinajstić information content (AvgIpc) is 2.26. The quantitative estimate of drug-likeness (QED) is 0.863. The fourth-order valence-corrected chi connectivity index (χ4v) is 1.38. The Morgan fingerprint density at radius 2 is 2.07 bits per heavy atom. The van der Waals surface area contributed by atoms with Crippen LogP contribution in [0.4, 0.5) is 0 Å². The molecule has 0 radical (unpaired) electrons. The average molecular weight is 319 g/mol. The van der Waals surface area contributed by atoms with Crippen LogP contribution in [0.25, 0.3) is 0 Å². The molecule has 3 nitrogen and oxygen atoms in total. The van der Waals surface area contributed by atoms with Gasteiger partial charge in [-0.2, -0.15) is 0 Å². The largest absolute Gasteiger partial charge is 0.380 e. The van der Waals surface area contributed by atoms with Crippen LogP contribution in [0.1, 0.15) is 17.3 Å². The highest BCUT2D eigenvalue weighted by molar-refractivity contribution is 14.1. The van der Waals surface area contributed by atoms with E-state index in [4.69, 9.17) is 4.74 Å². The minimum atomic E-state index is -0.0599. The van der Waals surface area contributed by atoms with Gasteiger partial charge in [0, 0.05) is 22.8 Å². The zero-order valence-electron chi connectivity index (χ0n) is 8.79. The predicted molar refractivity (Wildman–Crippen MR) is 68.0 cm³/mol. The smallest absolute Gasteiger partial charge is 0.251 e. The van der Waals surface area contributed by atoms with Gasteiger partial charge >= 0.3 is 0 Å². The van der Waals surface area contributed by atoms with E-state index in [1.54, 1.807) is 7.11 Å². The summed E-state index contributed by atoms with van der Waals surface area (Å²) in [5.74, 6) is -0.0599. The molecule has 1 N–H and O–H groups in total. The number of amides is 1. The molecule has 0 saturated heterocycles. The lowest BCUT2D eigenvalue weighted by atomic mass is 10.2. The summed E-state index contributed by atoms with van der Waals surface area (Å²) in [5.41, 5.74) is 0.679. The standard InChI is InChI=1S/C11H14INO2/c1-8(15-2)7-13-11(14)9-3-5-10(12)6-4-9/h3-6,8H,7H2,1-2H3,(H,13,14). The monoisotopic (exact) mass is 319 g/mol. The van der Waals surface area contributed by atoms with Gasteiger partial charge in [0.2, 0.25) is 0 Å². The minimum Gasteiger partial charge on any atom is -0.380 e. The first-order chi connectivity index (χ1) is 7.13. The number of hydrogen-bond acceptors (Lipinski definition) is 2. The Labute approximate surface area is 103 Å². The lowest BCUT2D eigenvalue weighted by molar-refractivity contribution is 0.0870. The Morgan fingerprint density at radius 1 is 1.47 bits per heavy atom. The van der Waals surface area contributed by atoms with Gasteiger partial charge in [-0.1, -0.05) is 0 Å². The van der Waals surface area contributed by atoms with Crippen LogP contribution < -0.4 is 5.32 Å². The van der Waals surface area contributed by atoms with Crippen LogP contribution in [0.3, 0.4) is 0 Å². The molecule has 0 saturated carbocycles. The number of ether oxygens (including phenoxy) is 1. The second-order valence-electron chi connectivity index (χ2n) is 3.26. The molecule has 15 heavy (non-hydrogen) atoms. The molecule has 1 aromatic carbocycles. The first-order valence-corrected chi connectivity index (χ1v) is 5.78. The van der Waals surface area contributed by atoms with E-state index < -0.39 is 0 Å². The predicted octanol–water partition coefficient (Wildman–Crippen LogP) is 2.06. The van der Waals surface area contributed by atoms with Gasteiger partial charge in [-0.25, -0.2) is 0 Å². The number of rotatable bonds is 4. The summed E-state index contributed by atoms with van der Waals surface area (Å²) >= 11 is 2.21. The second kappa shape index (κ2) is 6.07. The van der Waals surface area contributed by atoms with Crippen LogP contribution in [0.5, 0.6) is 0 Å². The van der Waals surface area contributed by atoms with Gasteiger partial charge in [0.05, 0.1) is 6.10 Å². The molecule has 0 bridgehead atoms. The Balaban J connectivity index is 2.50. The molecule has 0 fully saturated rings.